The number of para-hydroxylation sites is 1. The molecule has 1 aliphatic heterocycles. The predicted octanol–water partition coefficient (Wildman–Crippen LogP) is 3.01. The molecule has 136 valence electrons. The van der Waals surface area contributed by atoms with E-state index in [0.717, 1.165) is 27.5 Å². The lowest BCUT2D eigenvalue weighted by Gasteiger charge is -2.25. The molecular weight excluding hydrogens is 342 g/mol. The number of aromatic amines is 1. The molecule has 1 aromatic carbocycles. The minimum Gasteiger partial charge on any atom is -0.466 e. The van der Waals surface area contributed by atoms with E-state index in [4.69, 9.17) is 4.74 Å². The number of fused-ring (bicyclic) bond motifs is 3. The summed E-state index contributed by atoms with van der Waals surface area (Å²) in [5, 5.41) is 4.81. The molecule has 3 heterocycles. The molecule has 0 saturated heterocycles. The van der Waals surface area contributed by atoms with Crippen LogP contribution in [0.15, 0.2) is 60.0 Å². The Labute approximate surface area is 155 Å². The van der Waals surface area contributed by atoms with E-state index in [1.807, 2.05) is 24.3 Å². The van der Waals surface area contributed by atoms with E-state index in [9.17, 15) is 9.59 Å². The Bertz CT molecular complexity index is 1120. The van der Waals surface area contributed by atoms with Crippen LogP contribution in [-0.4, -0.2) is 29.0 Å². The highest BCUT2D eigenvalue weighted by atomic mass is 16.5. The molecule has 0 aliphatic carbocycles. The molecule has 1 atom stereocenters. The van der Waals surface area contributed by atoms with Crippen molar-refractivity contribution in [1.82, 2.24) is 15.3 Å². The van der Waals surface area contributed by atoms with Gasteiger partial charge in [0.1, 0.15) is 0 Å². The highest BCUT2D eigenvalue weighted by Crippen LogP contribution is 2.32. The van der Waals surface area contributed by atoms with E-state index in [1.165, 1.54) is 13.3 Å². The second-order valence-corrected chi connectivity index (χ2v) is 6.42. The van der Waals surface area contributed by atoms with Gasteiger partial charge >= 0.3 is 5.97 Å². The summed E-state index contributed by atoms with van der Waals surface area (Å²) in [5.74, 6) is -1.08. The van der Waals surface area contributed by atoms with Crippen LogP contribution in [0.3, 0.4) is 0 Å². The largest absolute Gasteiger partial charge is 0.466 e. The van der Waals surface area contributed by atoms with Crippen molar-refractivity contribution in [1.29, 1.82) is 0 Å². The maximum Gasteiger partial charge on any atom is 0.335 e. The van der Waals surface area contributed by atoms with E-state index in [-0.39, 0.29) is 5.91 Å². The fourth-order valence-corrected chi connectivity index (χ4v) is 3.70. The number of nitrogens with zero attached hydrogens (tertiary/aromatic N) is 1. The van der Waals surface area contributed by atoms with Crippen molar-refractivity contribution in [3.63, 3.8) is 0 Å². The maximum absolute atomic E-state index is 12.3. The molecule has 0 spiro atoms. The average molecular weight is 361 g/mol. The molecule has 0 radical (unpaired) electrons. The molecule has 27 heavy (non-hydrogen) atoms. The van der Waals surface area contributed by atoms with E-state index in [2.05, 4.69) is 21.4 Å². The number of amides is 1. The van der Waals surface area contributed by atoms with Crippen LogP contribution >= 0.6 is 0 Å². The number of hydrogen-bond acceptors (Lipinski definition) is 4. The van der Waals surface area contributed by atoms with Gasteiger partial charge in [0.25, 0.3) is 5.91 Å². The van der Waals surface area contributed by atoms with Gasteiger partial charge in [-0.25, -0.2) is 4.79 Å². The highest BCUT2D eigenvalue weighted by Gasteiger charge is 2.33. The molecule has 2 aromatic heterocycles. The first-order chi connectivity index (χ1) is 13.1. The Kier molecular flexibility index (Phi) is 4.24. The van der Waals surface area contributed by atoms with Gasteiger partial charge in [-0.15, -0.1) is 0 Å². The predicted molar refractivity (Wildman–Crippen MR) is 103 cm³/mol. The Morgan fingerprint density at radius 1 is 1.26 bits per heavy atom. The minimum absolute atomic E-state index is 0.209. The summed E-state index contributed by atoms with van der Waals surface area (Å²) in [6, 6.07) is 10.0. The molecule has 1 amide bonds. The maximum atomic E-state index is 12.3. The number of hydrogen-bond donors (Lipinski definition) is 2. The molecule has 3 aromatic rings. The van der Waals surface area contributed by atoms with Crippen molar-refractivity contribution in [2.45, 2.75) is 13.3 Å². The molecule has 2 N–H and O–H groups in total. The number of benzene rings is 1. The number of esters is 1. The van der Waals surface area contributed by atoms with Crippen LogP contribution in [0.1, 0.15) is 12.6 Å². The number of methoxy groups -OCH3 is 1. The standard InChI is InChI=1S/C21H19N3O3/c1-3-12-15(16(21(26)27-2)11-23-20(12)25)10-18-19-14(8-9-22-18)13-6-4-5-7-17(13)24-19/h3-9,11,15,24H,10H2,1-2H3,(H,23,25)/t15-/m1/s1. The first-order valence-corrected chi connectivity index (χ1v) is 8.73. The van der Waals surface area contributed by atoms with Gasteiger partial charge in [0.2, 0.25) is 0 Å². The van der Waals surface area contributed by atoms with Crippen molar-refractivity contribution in [3.05, 3.63) is 65.6 Å². The zero-order valence-corrected chi connectivity index (χ0v) is 15.1. The summed E-state index contributed by atoms with van der Waals surface area (Å²) in [5.41, 5.74) is 3.70. The summed E-state index contributed by atoms with van der Waals surface area (Å²) < 4.78 is 4.91. The Morgan fingerprint density at radius 3 is 2.85 bits per heavy atom. The average Bonchev–Trinajstić information content (AvgIpc) is 3.07. The number of allylic oxidation sites excluding steroid dienone is 1. The molecule has 1 aliphatic rings. The van der Waals surface area contributed by atoms with Gasteiger partial charge in [0, 0.05) is 46.6 Å². The van der Waals surface area contributed by atoms with Crippen LogP contribution in [0.5, 0.6) is 0 Å². The fraction of sp³-hybridized carbons (Fsp3) is 0.190. The molecule has 0 unspecified atom stereocenters. The van der Waals surface area contributed by atoms with Gasteiger partial charge in [0.15, 0.2) is 0 Å². The van der Waals surface area contributed by atoms with Crippen LogP contribution in [0.25, 0.3) is 21.8 Å². The van der Waals surface area contributed by atoms with Crippen LogP contribution in [0.4, 0.5) is 0 Å². The summed E-state index contributed by atoms with van der Waals surface area (Å²) in [7, 11) is 1.34. The Morgan fingerprint density at radius 2 is 2.07 bits per heavy atom. The zero-order chi connectivity index (χ0) is 19.0. The second kappa shape index (κ2) is 6.72. The van der Waals surface area contributed by atoms with Gasteiger partial charge in [0.05, 0.1) is 23.9 Å². The summed E-state index contributed by atoms with van der Waals surface area (Å²) in [6.07, 6.45) is 5.36. The van der Waals surface area contributed by atoms with Gasteiger partial charge in [-0.1, -0.05) is 24.3 Å². The third kappa shape index (κ3) is 2.79. The molecule has 6 nitrogen and oxygen atoms in total. The smallest absolute Gasteiger partial charge is 0.335 e. The monoisotopic (exact) mass is 361 g/mol. The molecular formula is C21H19N3O3. The molecule has 0 saturated carbocycles. The van der Waals surface area contributed by atoms with Gasteiger partial charge in [-0.3, -0.25) is 9.78 Å². The fourth-order valence-electron chi connectivity index (χ4n) is 3.70. The Hall–Kier alpha value is -3.41. The lowest BCUT2D eigenvalue weighted by atomic mass is 9.84. The number of nitrogens with one attached hydrogen (secondary N) is 2. The molecule has 4 rings (SSSR count). The SMILES string of the molecule is CC=C1C(=O)NC=C(C(=O)OC)[C@@H]1Cc1nccc2c1[nH]c1ccccc12. The van der Waals surface area contributed by atoms with Crippen molar-refractivity contribution in [3.8, 4) is 0 Å². The third-order valence-electron chi connectivity index (χ3n) is 5.01. The lowest BCUT2D eigenvalue weighted by molar-refractivity contribution is -0.136. The first-order valence-electron chi connectivity index (χ1n) is 8.73. The number of carbonyl (C=O) groups excluding carboxylic acids is 2. The van der Waals surface area contributed by atoms with Gasteiger partial charge in [-0.2, -0.15) is 0 Å². The van der Waals surface area contributed by atoms with Crippen LogP contribution in [0.2, 0.25) is 0 Å². The van der Waals surface area contributed by atoms with E-state index >= 15 is 0 Å². The topological polar surface area (TPSA) is 84.1 Å². The van der Waals surface area contributed by atoms with Crippen LogP contribution < -0.4 is 5.32 Å². The number of aromatic nitrogens is 2. The molecule has 6 heteroatoms. The third-order valence-corrected chi connectivity index (χ3v) is 5.01. The minimum atomic E-state index is -0.455. The van der Waals surface area contributed by atoms with Crippen LogP contribution in [0, 0.1) is 5.92 Å². The summed E-state index contributed by atoms with van der Waals surface area (Å²) in [6.45, 7) is 1.79. The lowest BCUT2D eigenvalue weighted by Crippen LogP contribution is -2.35. The second-order valence-electron chi connectivity index (χ2n) is 6.42. The number of ether oxygens (including phenoxy) is 1. The number of rotatable bonds is 3. The molecule has 0 fully saturated rings. The normalized spacial score (nSPS) is 18.6. The molecule has 0 bridgehead atoms. The van der Waals surface area contributed by atoms with Gasteiger partial charge < -0.3 is 15.0 Å². The quantitative estimate of drug-likeness (QED) is 0.555. The number of carbonyl (C=O) groups is 2. The summed E-state index contributed by atoms with van der Waals surface area (Å²) >= 11 is 0. The number of H-pyrrole nitrogens is 1. The number of pyridine rings is 1. The Balaban J connectivity index is 1.83. The van der Waals surface area contributed by atoms with E-state index < -0.39 is 11.9 Å². The first kappa shape index (κ1) is 17.0. The van der Waals surface area contributed by atoms with Crippen LogP contribution in [-0.2, 0) is 20.7 Å². The highest BCUT2D eigenvalue weighted by molar-refractivity contribution is 6.08. The van der Waals surface area contributed by atoms with Gasteiger partial charge in [-0.05, 0) is 19.1 Å². The van der Waals surface area contributed by atoms with Crippen molar-refractivity contribution >= 4 is 33.7 Å². The van der Waals surface area contributed by atoms with E-state index in [0.29, 0.717) is 17.6 Å². The van der Waals surface area contributed by atoms with E-state index in [1.54, 1.807) is 19.2 Å². The van der Waals surface area contributed by atoms with Crippen molar-refractivity contribution in [2.75, 3.05) is 7.11 Å². The van der Waals surface area contributed by atoms with Crippen molar-refractivity contribution < 1.29 is 14.3 Å². The summed E-state index contributed by atoms with van der Waals surface area (Å²) in [4.78, 5) is 32.5. The van der Waals surface area contributed by atoms with Crippen molar-refractivity contribution in [2.24, 2.45) is 5.92 Å². The zero-order valence-electron chi connectivity index (χ0n) is 15.1.